The molecule has 31 heavy (non-hydrogen) atoms. The van der Waals surface area contributed by atoms with Crippen molar-refractivity contribution in [3.8, 4) is 0 Å². The molecule has 0 radical (unpaired) electrons. The minimum atomic E-state index is -0.556. The third-order valence-electron chi connectivity index (χ3n) is 6.93. The number of halogens is 2. The van der Waals surface area contributed by atoms with Crippen LogP contribution in [-0.2, 0) is 0 Å². The SMILES string of the molecule is Fc1ccc(C2NC(=S)NC34NC(=S)NC(c5ccc(F)cc5)C3CCCCC24)cc1. The van der Waals surface area contributed by atoms with Crippen molar-refractivity contribution in [2.24, 2.45) is 11.8 Å². The minimum absolute atomic E-state index is 0.0720. The van der Waals surface area contributed by atoms with Crippen molar-refractivity contribution >= 4 is 34.7 Å². The molecule has 3 aliphatic rings. The molecule has 4 nitrogen and oxygen atoms in total. The van der Waals surface area contributed by atoms with Gasteiger partial charge in [0.1, 0.15) is 17.3 Å². The highest BCUT2D eigenvalue weighted by Gasteiger charge is 2.57. The standard InChI is InChI=1S/C23H24F2N4S2/c24-15-9-5-13(6-10-15)19-17-3-1-2-4-18-20(14-7-11-16(25)12-8-14)27-22(31)29-23(17,18)28-21(30)26-19/h5-12,17-20H,1-4H2,(H2,26,28,30)(H2,27,29,31). The predicted octanol–water partition coefficient (Wildman–Crippen LogP) is 4.21. The Morgan fingerprint density at radius 2 is 1.06 bits per heavy atom. The summed E-state index contributed by atoms with van der Waals surface area (Å²) in [5.41, 5.74) is 1.44. The average Bonchev–Trinajstić information content (AvgIpc) is 2.93. The van der Waals surface area contributed by atoms with Gasteiger partial charge < -0.3 is 21.3 Å². The Labute approximate surface area is 191 Å². The van der Waals surface area contributed by atoms with Crippen molar-refractivity contribution in [1.29, 1.82) is 0 Å². The summed E-state index contributed by atoms with van der Waals surface area (Å²) >= 11 is 11.3. The quantitative estimate of drug-likeness (QED) is 0.506. The molecule has 1 saturated carbocycles. The molecule has 2 aliphatic heterocycles. The van der Waals surface area contributed by atoms with Crippen molar-refractivity contribution in [2.45, 2.75) is 43.4 Å². The Kier molecular flexibility index (Phi) is 5.30. The number of benzene rings is 2. The highest BCUT2D eigenvalue weighted by Crippen LogP contribution is 2.49. The third-order valence-corrected chi connectivity index (χ3v) is 7.37. The monoisotopic (exact) mass is 458 g/mol. The fraction of sp³-hybridized carbons (Fsp3) is 0.391. The Balaban J connectivity index is 1.60. The molecule has 3 fully saturated rings. The van der Waals surface area contributed by atoms with Crippen LogP contribution >= 0.6 is 24.4 Å². The zero-order chi connectivity index (χ0) is 21.6. The molecule has 1 spiro atoms. The van der Waals surface area contributed by atoms with E-state index >= 15 is 0 Å². The van der Waals surface area contributed by atoms with Gasteiger partial charge in [-0.25, -0.2) is 8.78 Å². The maximum atomic E-state index is 13.6. The molecule has 5 rings (SSSR count). The first-order valence-corrected chi connectivity index (χ1v) is 11.5. The molecule has 2 aromatic carbocycles. The van der Waals surface area contributed by atoms with Crippen LogP contribution < -0.4 is 21.3 Å². The van der Waals surface area contributed by atoms with E-state index in [4.69, 9.17) is 24.4 Å². The van der Waals surface area contributed by atoms with E-state index in [1.807, 2.05) is 24.3 Å². The summed E-state index contributed by atoms with van der Waals surface area (Å²) in [4.78, 5) is 0. The predicted molar refractivity (Wildman–Crippen MR) is 124 cm³/mol. The van der Waals surface area contributed by atoms with E-state index in [0.29, 0.717) is 10.2 Å². The van der Waals surface area contributed by atoms with Crippen LogP contribution in [0.1, 0.15) is 48.9 Å². The highest BCUT2D eigenvalue weighted by molar-refractivity contribution is 7.80. The van der Waals surface area contributed by atoms with Gasteiger partial charge in [-0.3, -0.25) is 0 Å². The van der Waals surface area contributed by atoms with Gasteiger partial charge in [0.2, 0.25) is 0 Å². The normalized spacial score (nSPS) is 32.3. The largest absolute Gasteiger partial charge is 0.355 e. The van der Waals surface area contributed by atoms with Crippen molar-refractivity contribution in [3.05, 3.63) is 71.3 Å². The summed E-state index contributed by atoms with van der Waals surface area (Å²) in [6, 6.07) is 13.1. The van der Waals surface area contributed by atoms with Gasteiger partial charge in [0.05, 0.1) is 12.1 Å². The van der Waals surface area contributed by atoms with Crippen molar-refractivity contribution in [1.82, 2.24) is 21.3 Å². The molecule has 0 aromatic heterocycles. The summed E-state index contributed by atoms with van der Waals surface area (Å²) < 4.78 is 27.2. The number of thiocarbonyl (C=S) groups is 2. The Morgan fingerprint density at radius 3 is 1.45 bits per heavy atom. The van der Waals surface area contributed by atoms with E-state index < -0.39 is 5.66 Å². The Hall–Kier alpha value is -2.32. The molecule has 4 unspecified atom stereocenters. The van der Waals surface area contributed by atoms with Gasteiger partial charge >= 0.3 is 0 Å². The number of nitrogens with one attached hydrogen (secondary N) is 4. The number of hydrogen-bond acceptors (Lipinski definition) is 2. The maximum absolute atomic E-state index is 13.6. The van der Waals surface area contributed by atoms with Gasteiger partial charge in [0.25, 0.3) is 0 Å². The number of hydrogen-bond donors (Lipinski definition) is 4. The molecule has 2 saturated heterocycles. The molecular formula is C23H24F2N4S2. The van der Waals surface area contributed by atoms with E-state index in [1.54, 1.807) is 0 Å². The van der Waals surface area contributed by atoms with Crippen LogP contribution in [0.15, 0.2) is 48.5 Å². The van der Waals surface area contributed by atoms with Gasteiger partial charge in [-0.1, -0.05) is 37.1 Å². The zero-order valence-corrected chi connectivity index (χ0v) is 18.5. The van der Waals surface area contributed by atoms with Gasteiger partial charge in [0.15, 0.2) is 10.2 Å². The molecule has 2 heterocycles. The first-order valence-electron chi connectivity index (χ1n) is 10.6. The molecule has 1 aliphatic carbocycles. The summed E-state index contributed by atoms with van der Waals surface area (Å²) in [5.74, 6) is -0.266. The molecule has 162 valence electrons. The lowest BCUT2D eigenvalue weighted by molar-refractivity contribution is 0.0537. The number of rotatable bonds is 2. The topological polar surface area (TPSA) is 48.1 Å². The van der Waals surface area contributed by atoms with Gasteiger partial charge in [-0.2, -0.15) is 0 Å². The molecule has 0 amide bonds. The second kappa shape index (κ2) is 7.98. The van der Waals surface area contributed by atoms with E-state index in [2.05, 4.69) is 21.3 Å². The van der Waals surface area contributed by atoms with Crippen LogP contribution in [0.3, 0.4) is 0 Å². The second-order valence-corrected chi connectivity index (χ2v) is 9.44. The highest BCUT2D eigenvalue weighted by atomic mass is 32.1. The fourth-order valence-electron chi connectivity index (χ4n) is 5.62. The minimum Gasteiger partial charge on any atom is -0.355 e. The van der Waals surface area contributed by atoms with Crippen LogP contribution in [0.25, 0.3) is 0 Å². The molecule has 4 atom stereocenters. The van der Waals surface area contributed by atoms with Gasteiger partial charge in [0, 0.05) is 11.8 Å². The lowest BCUT2D eigenvalue weighted by atomic mass is 9.68. The lowest BCUT2D eigenvalue weighted by Gasteiger charge is -2.57. The van der Waals surface area contributed by atoms with Crippen LogP contribution in [-0.4, -0.2) is 15.9 Å². The Morgan fingerprint density at radius 1 is 0.677 bits per heavy atom. The Bertz CT molecular complexity index is 914. The zero-order valence-electron chi connectivity index (χ0n) is 16.8. The average molecular weight is 459 g/mol. The summed E-state index contributed by atoms with van der Waals surface area (Å²) in [6.07, 6.45) is 4.07. The summed E-state index contributed by atoms with van der Waals surface area (Å²) in [7, 11) is 0. The van der Waals surface area contributed by atoms with Gasteiger partial charge in [-0.05, 0) is 72.7 Å². The molecular weight excluding hydrogens is 434 g/mol. The molecule has 8 heteroatoms. The summed E-state index contributed by atoms with van der Waals surface area (Å²) in [5, 5.41) is 15.1. The third kappa shape index (κ3) is 3.65. The lowest BCUT2D eigenvalue weighted by Crippen LogP contribution is -2.79. The van der Waals surface area contributed by atoms with Crippen LogP contribution in [0.2, 0.25) is 0 Å². The van der Waals surface area contributed by atoms with E-state index in [1.165, 1.54) is 24.3 Å². The maximum Gasteiger partial charge on any atom is 0.168 e. The smallest absolute Gasteiger partial charge is 0.168 e. The molecule has 0 bridgehead atoms. The summed E-state index contributed by atoms with van der Waals surface area (Å²) in [6.45, 7) is 0. The molecule has 2 aromatic rings. The van der Waals surface area contributed by atoms with Crippen molar-refractivity contribution in [2.75, 3.05) is 0 Å². The van der Waals surface area contributed by atoms with Gasteiger partial charge in [-0.15, -0.1) is 0 Å². The van der Waals surface area contributed by atoms with Crippen LogP contribution in [0.5, 0.6) is 0 Å². The van der Waals surface area contributed by atoms with E-state index in [0.717, 1.165) is 36.8 Å². The van der Waals surface area contributed by atoms with Crippen molar-refractivity contribution in [3.63, 3.8) is 0 Å². The second-order valence-electron chi connectivity index (χ2n) is 8.62. The van der Waals surface area contributed by atoms with Crippen LogP contribution in [0.4, 0.5) is 8.78 Å². The fourth-order valence-corrected chi connectivity index (χ4v) is 6.21. The first kappa shape index (κ1) is 20.6. The van der Waals surface area contributed by atoms with Crippen LogP contribution in [0, 0.1) is 23.5 Å². The molecule has 4 N–H and O–H groups in total. The van der Waals surface area contributed by atoms with Crippen molar-refractivity contribution < 1.29 is 8.78 Å². The van der Waals surface area contributed by atoms with E-state index in [9.17, 15) is 8.78 Å². The van der Waals surface area contributed by atoms with E-state index in [-0.39, 0.29) is 35.6 Å². The first-order chi connectivity index (χ1) is 15.0.